The minimum absolute atomic E-state index is 0.197. The van der Waals surface area contributed by atoms with E-state index in [4.69, 9.17) is 4.52 Å². The monoisotopic (exact) mass is 274 g/mol. The fourth-order valence-electron chi connectivity index (χ4n) is 1.82. The molecule has 4 heteroatoms. The Morgan fingerprint density at radius 2 is 1.85 bits per heavy atom. The Hall–Kier alpha value is -1.68. The molecule has 2 rings (SSSR count). The van der Waals surface area contributed by atoms with Gasteiger partial charge in [-0.3, -0.25) is 0 Å². The summed E-state index contributed by atoms with van der Waals surface area (Å²) in [6.07, 6.45) is 0.886. The van der Waals surface area contributed by atoms with Gasteiger partial charge in [0.25, 0.3) is 0 Å². The first-order valence-electron chi connectivity index (χ1n) is 7.00. The zero-order valence-electron chi connectivity index (χ0n) is 12.6. The highest BCUT2D eigenvalue weighted by atomic mass is 16.5. The molecule has 1 aromatic carbocycles. The molecule has 0 aliphatic heterocycles. The van der Waals surface area contributed by atoms with Crippen LogP contribution in [0.1, 0.15) is 39.1 Å². The van der Waals surface area contributed by atoms with Gasteiger partial charge in [0.2, 0.25) is 11.7 Å². The number of aromatic nitrogens is 2. The van der Waals surface area contributed by atoms with Crippen LogP contribution in [0.3, 0.4) is 0 Å². The summed E-state index contributed by atoms with van der Waals surface area (Å²) in [5, 5.41) is 14.0. The van der Waals surface area contributed by atoms with Gasteiger partial charge in [-0.15, -0.1) is 0 Å². The number of aliphatic hydroxyl groups excluding tert-OH is 1. The molecule has 0 aliphatic carbocycles. The lowest BCUT2D eigenvalue weighted by Crippen LogP contribution is -2.28. The summed E-state index contributed by atoms with van der Waals surface area (Å²) in [6.45, 7) is 8.07. The van der Waals surface area contributed by atoms with E-state index < -0.39 is 6.10 Å². The predicted octanol–water partition coefficient (Wildman–Crippen LogP) is 3.25. The predicted molar refractivity (Wildman–Crippen MR) is 78.3 cm³/mol. The van der Waals surface area contributed by atoms with E-state index in [0.717, 1.165) is 12.0 Å². The third-order valence-electron chi connectivity index (χ3n) is 3.46. The summed E-state index contributed by atoms with van der Waals surface area (Å²) in [5.41, 5.74) is 2.01. The van der Waals surface area contributed by atoms with Gasteiger partial charge in [-0.05, 0) is 17.4 Å². The van der Waals surface area contributed by atoms with E-state index in [2.05, 4.69) is 29.2 Å². The van der Waals surface area contributed by atoms with Gasteiger partial charge in [-0.2, -0.15) is 4.98 Å². The molecule has 0 aliphatic rings. The zero-order valence-corrected chi connectivity index (χ0v) is 12.6. The van der Waals surface area contributed by atoms with Crippen LogP contribution in [-0.2, 0) is 12.8 Å². The van der Waals surface area contributed by atoms with Crippen molar-refractivity contribution in [3.8, 4) is 11.4 Å². The number of aryl methyl sites for hydroxylation is 1. The second kappa shape index (κ2) is 5.75. The molecule has 0 saturated heterocycles. The minimum atomic E-state index is -0.502. The fourth-order valence-corrected chi connectivity index (χ4v) is 1.82. The smallest absolute Gasteiger partial charge is 0.229 e. The summed E-state index contributed by atoms with van der Waals surface area (Å²) in [4.78, 5) is 4.35. The van der Waals surface area contributed by atoms with Gasteiger partial charge in [0, 0.05) is 5.56 Å². The van der Waals surface area contributed by atoms with Gasteiger partial charge >= 0.3 is 0 Å². The minimum Gasteiger partial charge on any atom is -0.392 e. The average molecular weight is 274 g/mol. The lowest BCUT2D eigenvalue weighted by molar-refractivity contribution is 0.0565. The van der Waals surface area contributed by atoms with Crippen molar-refractivity contribution in [2.45, 2.75) is 46.6 Å². The van der Waals surface area contributed by atoms with Crippen LogP contribution in [0, 0.1) is 5.41 Å². The molecule has 1 heterocycles. The highest BCUT2D eigenvalue weighted by molar-refractivity contribution is 5.54. The van der Waals surface area contributed by atoms with Gasteiger partial charge in [0.1, 0.15) is 0 Å². The van der Waals surface area contributed by atoms with Crippen LogP contribution in [0.4, 0.5) is 0 Å². The number of benzene rings is 1. The van der Waals surface area contributed by atoms with Gasteiger partial charge in [-0.1, -0.05) is 57.1 Å². The Balaban J connectivity index is 2.12. The van der Waals surface area contributed by atoms with Crippen LogP contribution >= 0.6 is 0 Å². The lowest BCUT2D eigenvalue weighted by atomic mass is 9.87. The molecule has 0 amide bonds. The lowest BCUT2D eigenvalue weighted by Gasteiger charge is -2.24. The van der Waals surface area contributed by atoms with Crippen molar-refractivity contribution in [1.29, 1.82) is 0 Å². The molecular weight excluding hydrogens is 252 g/mol. The van der Waals surface area contributed by atoms with Crippen molar-refractivity contribution < 1.29 is 9.63 Å². The quantitative estimate of drug-likeness (QED) is 0.929. The number of hydrogen-bond donors (Lipinski definition) is 1. The summed E-state index contributed by atoms with van der Waals surface area (Å²) < 4.78 is 5.22. The van der Waals surface area contributed by atoms with E-state index in [-0.39, 0.29) is 5.41 Å². The molecule has 2 aromatic rings. The van der Waals surface area contributed by atoms with Crippen LogP contribution < -0.4 is 0 Å². The van der Waals surface area contributed by atoms with Gasteiger partial charge < -0.3 is 9.63 Å². The molecule has 0 bridgehead atoms. The molecule has 20 heavy (non-hydrogen) atoms. The van der Waals surface area contributed by atoms with Crippen LogP contribution in [0.15, 0.2) is 28.8 Å². The standard InChI is InChI=1S/C16H22N2O2/c1-5-11-6-8-12(9-7-11)15-17-14(20-18-15)10-13(19)16(2,3)4/h6-9,13,19H,5,10H2,1-4H3. The normalized spacial score (nSPS) is 13.4. The summed E-state index contributed by atoms with van der Waals surface area (Å²) in [6, 6.07) is 8.12. The van der Waals surface area contributed by atoms with Crippen LogP contribution in [0.2, 0.25) is 0 Å². The van der Waals surface area contributed by atoms with E-state index in [1.165, 1.54) is 5.56 Å². The number of aliphatic hydroxyl groups is 1. The topological polar surface area (TPSA) is 59.2 Å². The molecular formula is C16H22N2O2. The van der Waals surface area contributed by atoms with Crippen LogP contribution in [-0.4, -0.2) is 21.4 Å². The Morgan fingerprint density at radius 3 is 2.40 bits per heavy atom. The Bertz CT molecular complexity index is 553. The number of nitrogens with zero attached hydrogens (tertiary/aromatic N) is 2. The van der Waals surface area contributed by atoms with Crippen LogP contribution in [0.5, 0.6) is 0 Å². The molecule has 1 N–H and O–H groups in total. The molecule has 0 radical (unpaired) electrons. The Kier molecular flexibility index (Phi) is 4.23. The molecule has 0 fully saturated rings. The molecule has 1 aromatic heterocycles. The van der Waals surface area contributed by atoms with E-state index in [0.29, 0.717) is 18.1 Å². The fraction of sp³-hybridized carbons (Fsp3) is 0.500. The van der Waals surface area contributed by atoms with Crippen molar-refractivity contribution >= 4 is 0 Å². The highest BCUT2D eigenvalue weighted by Gasteiger charge is 2.24. The van der Waals surface area contributed by atoms with Crippen molar-refractivity contribution in [3.63, 3.8) is 0 Å². The average Bonchev–Trinajstić information content (AvgIpc) is 2.86. The van der Waals surface area contributed by atoms with Gasteiger partial charge in [-0.25, -0.2) is 0 Å². The highest BCUT2D eigenvalue weighted by Crippen LogP contribution is 2.23. The second-order valence-electron chi connectivity index (χ2n) is 6.15. The van der Waals surface area contributed by atoms with E-state index in [1.54, 1.807) is 0 Å². The summed E-state index contributed by atoms with van der Waals surface area (Å²) in [7, 11) is 0. The molecule has 1 unspecified atom stereocenters. The maximum absolute atomic E-state index is 10.1. The van der Waals surface area contributed by atoms with Crippen molar-refractivity contribution in [2.24, 2.45) is 5.41 Å². The zero-order chi connectivity index (χ0) is 14.8. The SMILES string of the molecule is CCc1ccc(-c2noc(CC(O)C(C)(C)C)n2)cc1. The Labute approximate surface area is 119 Å². The molecule has 108 valence electrons. The summed E-state index contributed by atoms with van der Waals surface area (Å²) in [5.74, 6) is 1.05. The van der Waals surface area contributed by atoms with E-state index in [1.807, 2.05) is 32.9 Å². The van der Waals surface area contributed by atoms with Crippen molar-refractivity contribution in [1.82, 2.24) is 10.1 Å². The Morgan fingerprint density at radius 1 is 1.20 bits per heavy atom. The number of rotatable bonds is 4. The first-order valence-corrected chi connectivity index (χ1v) is 7.00. The summed E-state index contributed by atoms with van der Waals surface area (Å²) >= 11 is 0. The maximum Gasteiger partial charge on any atom is 0.229 e. The van der Waals surface area contributed by atoms with Gasteiger partial charge in [0.15, 0.2) is 0 Å². The molecule has 0 spiro atoms. The maximum atomic E-state index is 10.1. The molecule has 1 atom stereocenters. The van der Waals surface area contributed by atoms with E-state index in [9.17, 15) is 5.11 Å². The van der Waals surface area contributed by atoms with Crippen LogP contribution in [0.25, 0.3) is 11.4 Å². The van der Waals surface area contributed by atoms with Gasteiger partial charge in [0.05, 0.1) is 12.5 Å². The molecule has 0 saturated carbocycles. The third kappa shape index (κ3) is 3.45. The van der Waals surface area contributed by atoms with Crippen molar-refractivity contribution in [3.05, 3.63) is 35.7 Å². The largest absolute Gasteiger partial charge is 0.392 e. The van der Waals surface area contributed by atoms with Crippen molar-refractivity contribution in [2.75, 3.05) is 0 Å². The second-order valence-corrected chi connectivity index (χ2v) is 6.15. The number of hydrogen-bond acceptors (Lipinski definition) is 4. The van der Waals surface area contributed by atoms with E-state index >= 15 is 0 Å². The third-order valence-corrected chi connectivity index (χ3v) is 3.46. The first-order chi connectivity index (χ1) is 9.40. The molecule has 4 nitrogen and oxygen atoms in total. The first kappa shape index (κ1) is 14.7.